The molecular weight excluding hydrogens is 232 g/mol. The summed E-state index contributed by atoms with van der Waals surface area (Å²) in [5, 5.41) is 0. The van der Waals surface area contributed by atoms with Crippen LogP contribution in [0.1, 0.15) is 9.67 Å². The van der Waals surface area contributed by atoms with Gasteiger partial charge in [-0.25, -0.2) is 8.78 Å². The predicted octanol–water partition coefficient (Wildman–Crippen LogP) is 2.79. The minimum absolute atomic E-state index is 0.389. The Hall–Kier alpha value is -1.75. The summed E-state index contributed by atoms with van der Waals surface area (Å²) in [4.78, 5) is 11.9. The van der Waals surface area contributed by atoms with E-state index < -0.39 is 17.5 Å². The predicted molar refractivity (Wildman–Crippen MR) is 58.2 cm³/mol. The van der Waals surface area contributed by atoms with Gasteiger partial charge in [0.05, 0.1) is 4.88 Å². The number of nitrogens with two attached hydrogens (primary N) is 1. The highest BCUT2D eigenvalue weighted by atomic mass is 32.1. The van der Waals surface area contributed by atoms with Crippen LogP contribution in [0.5, 0.6) is 0 Å². The lowest BCUT2D eigenvalue weighted by atomic mass is 10.2. The molecule has 0 aliphatic rings. The van der Waals surface area contributed by atoms with Gasteiger partial charge >= 0.3 is 0 Å². The molecule has 0 radical (unpaired) electrons. The van der Waals surface area contributed by atoms with E-state index in [4.69, 9.17) is 5.73 Å². The van der Waals surface area contributed by atoms with Crippen LogP contribution in [0.15, 0.2) is 30.3 Å². The minimum atomic E-state index is -0.911. The molecule has 2 N–H and O–H groups in total. The van der Waals surface area contributed by atoms with Crippen molar-refractivity contribution in [3.63, 3.8) is 0 Å². The molecule has 2 rings (SSSR count). The molecule has 0 spiro atoms. The first-order valence-electron chi connectivity index (χ1n) is 4.43. The van der Waals surface area contributed by atoms with Crippen LogP contribution in [0.3, 0.4) is 0 Å². The summed E-state index contributed by atoms with van der Waals surface area (Å²) in [6.45, 7) is 0. The SMILES string of the molecule is NC(=O)c1ccc(-c2ccc(F)c(F)c2)s1. The van der Waals surface area contributed by atoms with Crippen molar-refractivity contribution in [3.8, 4) is 10.4 Å². The van der Waals surface area contributed by atoms with Crippen LogP contribution >= 0.6 is 11.3 Å². The fourth-order valence-corrected chi connectivity index (χ4v) is 2.13. The summed E-state index contributed by atoms with van der Waals surface area (Å²) in [7, 11) is 0. The van der Waals surface area contributed by atoms with Crippen LogP contribution in [-0.4, -0.2) is 5.91 Å². The standard InChI is InChI=1S/C11H7F2NOS/c12-7-2-1-6(5-8(7)13)9-3-4-10(16-9)11(14)15/h1-5H,(H2,14,15). The Morgan fingerprint density at radius 2 is 1.88 bits per heavy atom. The first kappa shape index (κ1) is 10.8. The molecule has 0 fully saturated rings. The first-order valence-corrected chi connectivity index (χ1v) is 5.24. The lowest BCUT2D eigenvalue weighted by Crippen LogP contribution is -2.07. The normalized spacial score (nSPS) is 10.4. The quantitative estimate of drug-likeness (QED) is 0.860. The summed E-state index contributed by atoms with van der Waals surface area (Å²) >= 11 is 1.14. The van der Waals surface area contributed by atoms with Crippen LogP contribution in [0.4, 0.5) is 8.78 Å². The van der Waals surface area contributed by atoms with E-state index in [0.717, 1.165) is 23.5 Å². The number of amides is 1. The number of carbonyl (C=O) groups is 1. The molecule has 0 saturated heterocycles. The Balaban J connectivity index is 2.42. The van der Waals surface area contributed by atoms with E-state index in [1.165, 1.54) is 6.07 Å². The number of hydrogen-bond donors (Lipinski definition) is 1. The highest BCUT2D eigenvalue weighted by Crippen LogP contribution is 2.28. The highest BCUT2D eigenvalue weighted by molar-refractivity contribution is 7.17. The van der Waals surface area contributed by atoms with Crippen LogP contribution in [0, 0.1) is 11.6 Å². The maximum Gasteiger partial charge on any atom is 0.258 e. The fourth-order valence-electron chi connectivity index (χ4n) is 1.27. The maximum atomic E-state index is 13.0. The number of hydrogen-bond acceptors (Lipinski definition) is 2. The molecule has 0 bridgehead atoms. The third-order valence-electron chi connectivity index (χ3n) is 2.05. The van der Waals surface area contributed by atoms with Crippen molar-refractivity contribution < 1.29 is 13.6 Å². The Kier molecular flexibility index (Phi) is 2.70. The number of halogens is 2. The average molecular weight is 239 g/mol. The second-order valence-electron chi connectivity index (χ2n) is 3.16. The number of primary amides is 1. The molecule has 2 aromatic rings. The topological polar surface area (TPSA) is 43.1 Å². The molecule has 5 heteroatoms. The third kappa shape index (κ3) is 1.94. The van der Waals surface area contributed by atoms with E-state index in [-0.39, 0.29) is 0 Å². The number of thiophene rings is 1. The molecule has 82 valence electrons. The Morgan fingerprint density at radius 1 is 1.12 bits per heavy atom. The van der Waals surface area contributed by atoms with Crippen molar-refractivity contribution in [2.75, 3.05) is 0 Å². The summed E-state index contributed by atoms with van der Waals surface area (Å²) in [6, 6.07) is 6.80. The Morgan fingerprint density at radius 3 is 2.44 bits per heavy atom. The second kappa shape index (κ2) is 4.02. The lowest BCUT2D eigenvalue weighted by molar-refractivity contribution is 0.100. The first-order chi connectivity index (χ1) is 7.58. The number of carbonyl (C=O) groups excluding carboxylic acids is 1. The van der Waals surface area contributed by atoms with Crippen LogP contribution in [0.25, 0.3) is 10.4 Å². The number of benzene rings is 1. The van der Waals surface area contributed by atoms with Crippen molar-refractivity contribution in [1.29, 1.82) is 0 Å². The zero-order valence-corrected chi connectivity index (χ0v) is 8.85. The molecule has 0 unspecified atom stereocenters. The second-order valence-corrected chi connectivity index (χ2v) is 4.24. The van der Waals surface area contributed by atoms with Crippen molar-refractivity contribution in [2.45, 2.75) is 0 Å². The molecule has 0 aliphatic carbocycles. The van der Waals surface area contributed by atoms with Gasteiger partial charge in [0.2, 0.25) is 0 Å². The van der Waals surface area contributed by atoms with E-state index in [2.05, 4.69) is 0 Å². The minimum Gasteiger partial charge on any atom is -0.365 e. The Labute approximate surface area is 94.3 Å². The van der Waals surface area contributed by atoms with E-state index >= 15 is 0 Å². The zero-order chi connectivity index (χ0) is 11.7. The van der Waals surface area contributed by atoms with E-state index in [1.807, 2.05) is 0 Å². The summed E-state index contributed by atoms with van der Waals surface area (Å²) in [5.74, 6) is -2.33. The molecule has 1 aromatic carbocycles. The lowest BCUT2D eigenvalue weighted by Gasteiger charge is -1.98. The van der Waals surface area contributed by atoms with Crippen molar-refractivity contribution in [3.05, 3.63) is 46.8 Å². The molecule has 1 aromatic heterocycles. The summed E-state index contributed by atoms with van der Waals surface area (Å²) in [5.41, 5.74) is 5.62. The smallest absolute Gasteiger partial charge is 0.258 e. The van der Waals surface area contributed by atoms with Gasteiger partial charge in [0.25, 0.3) is 5.91 Å². The van der Waals surface area contributed by atoms with Gasteiger partial charge in [-0.15, -0.1) is 11.3 Å². The van der Waals surface area contributed by atoms with Crippen molar-refractivity contribution in [1.82, 2.24) is 0 Å². The molecule has 1 heterocycles. The third-order valence-corrected chi connectivity index (χ3v) is 3.20. The molecule has 2 nitrogen and oxygen atoms in total. The molecule has 16 heavy (non-hydrogen) atoms. The maximum absolute atomic E-state index is 13.0. The number of rotatable bonds is 2. The van der Waals surface area contributed by atoms with Gasteiger partial charge < -0.3 is 5.73 Å². The zero-order valence-electron chi connectivity index (χ0n) is 8.04. The monoisotopic (exact) mass is 239 g/mol. The average Bonchev–Trinajstić information content (AvgIpc) is 2.71. The van der Waals surface area contributed by atoms with E-state index in [1.54, 1.807) is 12.1 Å². The van der Waals surface area contributed by atoms with Crippen molar-refractivity contribution >= 4 is 17.2 Å². The van der Waals surface area contributed by atoms with Crippen LogP contribution in [-0.2, 0) is 0 Å². The van der Waals surface area contributed by atoms with Gasteiger partial charge in [-0.3, -0.25) is 4.79 Å². The van der Waals surface area contributed by atoms with Crippen molar-refractivity contribution in [2.24, 2.45) is 5.73 Å². The Bertz CT molecular complexity index is 551. The van der Waals surface area contributed by atoms with Crippen LogP contribution in [0.2, 0.25) is 0 Å². The molecule has 1 amide bonds. The largest absolute Gasteiger partial charge is 0.365 e. The van der Waals surface area contributed by atoms with Gasteiger partial charge in [-0.2, -0.15) is 0 Å². The summed E-state index contributed by atoms with van der Waals surface area (Å²) < 4.78 is 25.7. The van der Waals surface area contributed by atoms with Crippen LogP contribution < -0.4 is 5.73 Å². The van der Waals surface area contributed by atoms with E-state index in [0.29, 0.717) is 15.3 Å². The van der Waals surface area contributed by atoms with Gasteiger partial charge in [0.15, 0.2) is 11.6 Å². The van der Waals surface area contributed by atoms with Gasteiger partial charge in [0, 0.05) is 4.88 Å². The van der Waals surface area contributed by atoms with E-state index in [9.17, 15) is 13.6 Å². The molecule has 0 atom stereocenters. The molecule has 0 saturated carbocycles. The molecule has 0 aliphatic heterocycles. The highest BCUT2D eigenvalue weighted by Gasteiger charge is 2.09. The molecular formula is C11H7F2NOS. The fraction of sp³-hybridized carbons (Fsp3) is 0. The van der Waals surface area contributed by atoms with Gasteiger partial charge in [-0.05, 0) is 29.8 Å². The van der Waals surface area contributed by atoms with Gasteiger partial charge in [-0.1, -0.05) is 6.07 Å². The summed E-state index contributed by atoms with van der Waals surface area (Å²) in [6.07, 6.45) is 0. The van der Waals surface area contributed by atoms with Gasteiger partial charge in [0.1, 0.15) is 0 Å².